The van der Waals surface area contributed by atoms with Gasteiger partial charge in [0, 0.05) is 19.6 Å². The maximum absolute atomic E-state index is 4.58. The first-order valence-electron chi connectivity index (χ1n) is 7.93. The van der Waals surface area contributed by atoms with Gasteiger partial charge in [0.2, 0.25) is 0 Å². The Labute approximate surface area is 123 Å². The van der Waals surface area contributed by atoms with Crippen LogP contribution in [-0.2, 0) is 6.54 Å². The predicted molar refractivity (Wildman–Crippen MR) is 83.9 cm³/mol. The summed E-state index contributed by atoms with van der Waals surface area (Å²) in [7, 11) is 0. The number of hydrogen-bond donors (Lipinski definition) is 1. The van der Waals surface area contributed by atoms with Gasteiger partial charge in [-0.15, -0.1) is 0 Å². The Bertz CT molecular complexity index is 393. The Morgan fingerprint density at radius 2 is 1.95 bits per heavy atom. The molecule has 0 aromatic carbocycles. The highest BCUT2D eigenvalue weighted by molar-refractivity contribution is 5.36. The first kappa shape index (κ1) is 15.2. The highest BCUT2D eigenvalue weighted by atomic mass is 15.2. The van der Waals surface area contributed by atoms with Gasteiger partial charge in [-0.3, -0.25) is 4.98 Å². The Morgan fingerprint density at radius 1 is 1.20 bits per heavy atom. The van der Waals surface area contributed by atoms with Crippen LogP contribution in [-0.4, -0.2) is 29.6 Å². The van der Waals surface area contributed by atoms with Crippen LogP contribution >= 0.6 is 0 Å². The second-order valence-electron chi connectivity index (χ2n) is 6.19. The first-order valence-corrected chi connectivity index (χ1v) is 7.93. The summed E-state index contributed by atoms with van der Waals surface area (Å²) in [6.45, 7) is 10.9. The van der Waals surface area contributed by atoms with Crippen molar-refractivity contribution in [2.45, 2.75) is 53.0 Å². The maximum Gasteiger partial charge on any atom is 0.147 e. The van der Waals surface area contributed by atoms with Gasteiger partial charge in [-0.2, -0.15) is 0 Å². The summed E-state index contributed by atoms with van der Waals surface area (Å²) in [5.74, 6) is 1.03. The van der Waals surface area contributed by atoms with Crippen molar-refractivity contribution in [2.75, 3.05) is 24.5 Å². The van der Waals surface area contributed by atoms with Crippen LogP contribution in [0.4, 0.5) is 5.82 Å². The second-order valence-corrected chi connectivity index (χ2v) is 6.19. The highest BCUT2D eigenvalue weighted by Crippen LogP contribution is 2.34. The quantitative estimate of drug-likeness (QED) is 0.811. The molecule has 1 N–H and O–H groups in total. The molecule has 1 fully saturated rings. The summed E-state index contributed by atoms with van der Waals surface area (Å²) in [5, 5.41) is 3.35. The molecule has 0 aliphatic carbocycles. The minimum absolute atomic E-state index is 0.522. The maximum atomic E-state index is 4.58. The SMILES string of the molecule is CCCNCc1cnc(N2CCC(C)(CC)CC2)cn1. The van der Waals surface area contributed by atoms with E-state index in [0.29, 0.717) is 5.41 Å². The van der Waals surface area contributed by atoms with E-state index in [1.54, 1.807) is 0 Å². The minimum atomic E-state index is 0.522. The Kier molecular flexibility index (Phi) is 5.35. The van der Waals surface area contributed by atoms with Crippen LogP contribution in [0.1, 0.15) is 52.1 Å². The molecule has 112 valence electrons. The normalized spacial score (nSPS) is 18.2. The molecule has 20 heavy (non-hydrogen) atoms. The summed E-state index contributed by atoms with van der Waals surface area (Å²) in [5.41, 5.74) is 1.55. The molecule has 0 atom stereocenters. The zero-order valence-corrected chi connectivity index (χ0v) is 13.2. The van der Waals surface area contributed by atoms with Crippen LogP contribution in [0, 0.1) is 5.41 Å². The van der Waals surface area contributed by atoms with Crippen LogP contribution in [0.5, 0.6) is 0 Å². The third-order valence-electron chi connectivity index (χ3n) is 4.57. The number of nitrogens with one attached hydrogen (secondary N) is 1. The Balaban J connectivity index is 1.87. The number of nitrogens with zero attached hydrogens (tertiary/aromatic N) is 3. The lowest BCUT2D eigenvalue weighted by molar-refractivity contribution is 0.237. The molecule has 2 rings (SSSR count). The molecule has 0 unspecified atom stereocenters. The van der Waals surface area contributed by atoms with E-state index in [1.165, 1.54) is 19.3 Å². The van der Waals surface area contributed by atoms with Crippen molar-refractivity contribution in [1.29, 1.82) is 0 Å². The number of hydrogen-bond acceptors (Lipinski definition) is 4. The van der Waals surface area contributed by atoms with E-state index in [9.17, 15) is 0 Å². The van der Waals surface area contributed by atoms with Gasteiger partial charge < -0.3 is 10.2 Å². The number of rotatable bonds is 6. The molecule has 2 heterocycles. The van der Waals surface area contributed by atoms with Crippen LogP contribution in [0.15, 0.2) is 12.4 Å². The van der Waals surface area contributed by atoms with Gasteiger partial charge in [-0.1, -0.05) is 27.2 Å². The average molecular weight is 276 g/mol. The van der Waals surface area contributed by atoms with Gasteiger partial charge in [0.15, 0.2) is 0 Å². The lowest BCUT2D eigenvalue weighted by Gasteiger charge is -2.39. The van der Waals surface area contributed by atoms with E-state index >= 15 is 0 Å². The smallest absolute Gasteiger partial charge is 0.147 e. The summed E-state index contributed by atoms with van der Waals surface area (Å²) in [6, 6.07) is 0. The van der Waals surface area contributed by atoms with E-state index in [-0.39, 0.29) is 0 Å². The average Bonchev–Trinajstić information content (AvgIpc) is 2.49. The number of anilines is 1. The molecular weight excluding hydrogens is 248 g/mol. The van der Waals surface area contributed by atoms with Gasteiger partial charge in [-0.25, -0.2) is 4.98 Å². The van der Waals surface area contributed by atoms with Crippen molar-refractivity contribution < 1.29 is 0 Å². The molecule has 0 amide bonds. The lowest BCUT2D eigenvalue weighted by Crippen LogP contribution is -2.38. The van der Waals surface area contributed by atoms with Crippen LogP contribution in [0.25, 0.3) is 0 Å². The van der Waals surface area contributed by atoms with Gasteiger partial charge in [0.05, 0.1) is 18.1 Å². The molecule has 0 bridgehead atoms. The van der Waals surface area contributed by atoms with E-state index in [0.717, 1.165) is 44.1 Å². The van der Waals surface area contributed by atoms with Gasteiger partial charge >= 0.3 is 0 Å². The van der Waals surface area contributed by atoms with Crippen molar-refractivity contribution in [2.24, 2.45) is 5.41 Å². The minimum Gasteiger partial charge on any atom is -0.355 e. The van der Waals surface area contributed by atoms with Crippen molar-refractivity contribution in [1.82, 2.24) is 15.3 Å². The number of piperidine rings is 1. The van der Waals surface area contributed by atoms with E-state index in [4.69, 9.17) is 0 Å². The fraction of sp³-hybridized carbons (Fsp3) is 0.750. The molecule has 1 aromatic heterocycles. The monoisotopic (exact) mass is 276 g/mol. The van der Waals surface area contributed by atoms with Gasteiger partial charge in [-0.05, 0) is 31.2 Å². The zero-order valence-electron chi connectivity index (χ0n) is 13.2. The summed E-state index contributed by atoms with van der Waals surface area (Å²) in [4.78, 5) is 11.5. The van der Waals surface area contributed by atoms with Crippen molar-refractivity contribution in [3.63, 3.8) is 0 Å². The van der Waals surface area contributed by atoms with E-state index in [1.807, 2.05) is 12.4 Å². The molecule has 4 nitrogen and oxygen atoms in total. The highest BCUT2D eigenvalue weighted by Gasteiger charge is 2.28. The third kappa shape index (κ3) is 3.92. The number of aromatic nitrogens is 2. The molecule has 1 aliphatic rings. The molecular formula is C16H28N4. The standard InChI is InChI=1S/C16H28N4/c1-4-8-17-11-14-12-19-15(13-18-14)20-9-6-16(3,5-2)7-10-20/h12-13,17H,4-11H2,1-3H3. The van der Waals surface area contributed by atoms with Crippen LogP contribution < -0.4 is 10.2 Å². The molecule has 4 heteroatoms. The van der Waals surface area contributed by atoms with Gasteiger partial charge in [0.1, 0.15) is 5.82 Å². The van der Waals surface area contributed by atoms with Crippen molar-refractivity contribution in [3.8, 4) is 0 Å². The molecule has 1 aliphatic heterocycles. The predicted octanol–water partition coefficient (Wildman–Crippen LogP) is 2.99. The fourth-order valence-electron chi connectivity index (χ4n) is 2.62. The first-order chi connectivity index (χ1) is 9.67. The molecule has 0 radical (unpaired) electrons. The fourth-order valence-corrected chi connectivity index (χ4v) is 2.62. The Morgan fingerprint density at radius 3 is 2.50 bits per heavy atom. The van der Waals surface area contributed by atoms with Crippen LogP contribution in [0.2, 0.25) is 0 Å². The van der Waals surface area contributed by atoms with Gasteiger partial charge in [0.25, 0.3) is 0 Å². The zero-order chi connectivity index (χ0) is 14.4. The van der Waals surface area contributed by atoms with E-state index in [2.05, 4.69) is 41.0 Å². The molecule has 0 spiro atoms. The Hall–Kier alpha value is -1.16. The largest absolute Gasteiger partial charge is 0.355 e. The van der Waals surface area contributed by atoms with Crippen molar-refractivity contribution >= 4 is 5.82 Å². The second kappa shape index (κ2) is 7.02. The third-order valence-corrected chi connectivity index (χ3v) is 4.57. The molecule has 0 saturated carbocycles. The molecule has 1 saturated heterocycles. The van der Waals surface area contributed by atoms with E-state index < -0.39 is 0 Å². The summed E-state index contributed by atoms with van der Waals surface area (Å²) < 4.78 is 0. The lowest BCUT2D eigenvalue weighted by atomic mass is 9.78. The van der Waals surface area contributed by atoms with Crippen LogP contribution in [0.3, 0.4) is 0 Å². The summed E-state index contributed by atoms with van der Waals surface area (Å²) in [6.07, 6.45) is 8.77. The molecule has 1 aromatic rings. The topological polar surface area (TPSA) is 41.1 Å². The van der Waals surface area contributed by atoms with Crippen molar-refractivity contribution in [3.05, 3.63) is 18.1 Å². The summed E-state index contributed by atoms with van der Waals surface area (Å²) >= 11 is 0.